The Morgan fingerprint density at radius 3 is 3.00 bits per heavy atom. The number of oxime groups is 1. The molecule has 1 saturated heterocycles. The maximum atomic E-state index is 13.4. The Balaban J connectivity index is 2.19. The van der Waals surface area contributed by atoms with Gasteiger partial charge in [-0.2, -0.15) is 0 Å². The van der Waals surface area contributed by atoms with Crippen molar-refractivity contribution in [2.75, 3.05) is 20.2 Å². The fourth-order valence-electron chi connectivity index (χ4n) is 2.83. The molecule has 0 aromatic heterocycles. The monoisotopic (exact) mass is 295 g/mol. The standard InChI is InChI=1S/C15H22FN3O2/c1-15(21-2)6-3-7-19(10-15)9-11-4-5-12(16)8-13(11)14(17)18-20/h4-5,8,20H,3,6-7,9-10H2,1-2H3,(H2,17,18). The van der Waals surface area contributed by atoms with Crippen LogP contribution in [0.3, 0.4) is 0 Å². The molecule has 1 heterocycles. The molecule has 1 aromatic carbocycles. The molecule has 1 aliphatic rings. The Hall–Kier alpha value is -1.66. The number of nitrogens with two attached hydrogens (primary N) is 1. The summed E-state index contributed by atoms with van der Waals surface area (Å²) in [5, 5.41) is 11.8. The molecule has 2 rings (SSSR count). The summed E-state index contributed by atoms with van der Waals surface area (Å²) in [4.78, 5) is 2.24. The molecule has 0 bridgehead atoms. The highest BCUT2D eigenvalue weighted by Gasteiger charge is 2.30. The lowest BCUT2D eigenvalue weighted by molar-refractivity contribution is -0.0527. The van der Waals surface area contributed by atoms with Crippen LogP contribution >= 0.6 is 0 Å². The van der Waals surface area contributed by atoms with Crippen molar-refractivity contribution in [2.24, 2.45) is 10.9 Å². The predicted octanol–water partition coefficient (Wildman–Crippen LogP) is 1.92. The number of ether oxygens (including phenoxy) is 1. The quantitative estimate of drug-likeness (QED) is 0.385. The van der Waals surface area contributed by atoms with Crippen molar-refractivity contribution >= 4 is 5.84 Å². The highest BCUT2D eigenvalue weighted by atomic mass is 19.1. The van der Waals surface area contributed by atoms with Gasteiger partial charge < -0.3 is 15.7 Å². The average Bonchev–Trinajstić information content (AvgIpc) is 2.48. The van der Waals surface area contributed by atoms with Crippen LogP contribution in [0.25, 0.3) is 0 Å². The minimum absolute atomic E-state index is 0.0731. The van der Waals surface area contributed by atoms with E-state index in [-0.39, 0.29) is 11.4 Å². The Morgan fingerprint density at radius 1 is 1.57 bits per heavy atom. The predicted molar refractivity (Wildman–Crippen MR) is 78.8 cm³/mol. The van der Waals surface area contributed by atoms with E-state index in [1.807, 2.05) is 0 Å². The van der Waals surface area contributed by atoms with E-state index in [0.29, 0.717) is 12.1 Å². The summed E-state index contributed by atoms with van der Waals surface area (Å²) in [7, 11) is 1.73. The van der Waals surface area contributed by atoms with Crippen LogP contribution in [0.4, 0.5) is 4.39 Å². The van der Waals surface area contributed by atoms with Gasteiger partial charge in [0, 0.05) is 25.8 Å². The second kappa shape index (κ2) is 6.41. The number of amidine groups is 1. The zero-order valence-electron chi connectivity index (χ0n) is 12.5. The molecule has 1 unspecified atom stereocenters. The van der Waals surface area contributed by atoms with E-state index >= 15 is 0 Å². The highest BCUT2D eigenvalue weighted by molar-refractivity contribution is 5.98. The number of likely N-dealkylation sites (tertiary alicyclic amines) is 1. The molecule has 5 nitrogen and oxygen atoms in total. The van der Waals surface area contributed by atoms with Gasteiger partial charge in [-0.15, -0.1) is 0 Å². The number of benzene rings is 1. The summed E-state index contributed by atoms with van der Waals surface area (Å²) in [5.74, 6) is -0.475. The number of hydrogen-bond donors (Lipinski definition) is 2. The number of piperidine rings is 1. The third-order valence-corrected chi connectivity index (χ3v) is 4.08. The summed E-state index contributed by atoms with van der Waals surface area (Å²) in [5.41, 5.74) is 6.75. The van der Waals surface area contributed by atoms with Gasteiger partial charge >= 0.3 is 0 Å². The van der Waals surface area contributed by atoms with Crippen molar-refractivity contribution < 1.29 is 14.3 Å². The van der Waals surface area contributed by atoms with Gasteiger partial charge in [-0.05, 0) is 44.0 Å². The van der Waals surface area contributed by atoms with Gasteiger partial charge in [0.15, 0.2) is 5.84 Å². The van der Waals surface area contributed by atoms with Gasteiger partial charge in [0.25, 0.3) is 0 Å². The molecule has 0 amide bonds. The van der Waals surface area contributed by atoms with E-state index < -0.39 is 5.82 Å². The molecule has 1 fully saturated rings. The van der Waals surface area contributed by atoms with Gasteiger partial charge in [0.05, 0.1) is 5.60 Å². The molecule has 6 heteroatoms. The Bertz CT molecular complexity index is 536. The molecule has 116 valence electrons. The lowest BCUT2D eigenvalue weighted by atomic mass is 9.94. The molecule has 1 atom stereocenters. The smallest absolute Gasteiger partial charge is 0.170 e. The second-order valence-electron chi connectivity index (χ2n) is 5.75. The van der Waals surface area contributed by atoms with Gasteiger partial charge in [-0.1, -0.05) is 11.2 Å². The molecule has 1 aliphatic heterocycles. The summed E-state index contributed by atoms with van der Waals surface area (Å²) >= 11 is 0. The zero-order chi connectivity index (χ0) is 15.5. The first-order chi connectivity index (χ1) is 9.97. The van der Waals surface area contributed by atoms with Crippen LogP contribution in [-0.4, -0.2) is 41.7 Å². The summed E-state index contributed by atoms with van der Waals surface area (Å²) in [6, 6.07) is 4.37. The molecular formula is C15H22FN3O2. The van der Waals surface area contributed by atoms with Crippen LogP contribution in [0.2, 0.25) is 0 Å². The van der Waals surface area contributed by atoms with E-state index in [9.17, 15) is 4.39 Å². The molecule has 0 radical (unpaired) electrons. The zero-order valence-corrected chi connectivity index (χ0v) is 12.5. The molecule has 0 saturated carbocycles. The SMILES string of the molecule is COC1(C)CCCN(Cc2ccc(F)cc2/C(N)=N/O)C1. The number of rotatable bonds is 4. The highest BCUT2D eigenvalue weighted by Crippen LogP contribution is 2.25. The lowest BCUT2D eigenvalue weighted by Gasteiger charge is -2.39. The Labute approximate surface area is 124 Å². The first-order valence-electron chi connectivity index (χ1n) is 7.01. The molecule has 21 heavy (non-hydrogen) atoms. The van der Waals surface area contributed by atoms with Crippen molar-refractivity contribution in [3.63, 3.8) is 0 Å². The van der Waals surface area contributed by atoms with Crippen LogP contribution in [0, 0.1) is 5.82 Å². The van der Waals surface area contributed by atoms with Gasteiger partial charge in [0.2, 0.25) is 0 Å². The molecule has 0 spiro atoms. The van der Waals surface area contributed by atoms with Gasteiger partial charge in [-0.3, -0.25) is 4.90 Å². The maximum Gasteiger partial charge on any atom is 0.170 e. The first kappa shape index (κ1) is 15.7. The van der Waals surface area contributed by atoms with Gasteiger partial charge in [-0.25, -0.2) is 4.39 Å². The summed E-state index contributed by atoms with van der Waals surface area (Å²) < 4.78 is 18.9. The van der Waals surface area contributed by atoms with Crippen molar-refractivity contribution in [3.05, 3.63) is 35.1 Å². The van der Waals surface area contributed by atoms with Crippen LogP contribution in [0.1, 0.15) is 30.9 Å². The average molecular weight is 295 g/mol. The molecule has 1 aromatic rings. The van der Waals surface area contributed by atoms with Crippen molar-refractivity contribution in [1.29, 1.82) is 0 Å². The van der Waals surface area contributed by atoms with E-state index in [4.69, 9.17) is 15.7 Å². The largest absolute Gasteiger partial charge is 0.409 e. The number of halogens is 1. The summed E-state index contributed by atoms with van der Waals surface area (Å²) in [6.07, 6.45) is 2.07. The maximum absolute atomic E-state index is 13.4. The minimum Gasteiger partial charge on any atom is -0.409 e. The third-order valence-electron chi connectivity index (χ3n) is 4.08. The van der Waals surface area contributed by atoms with E-state index in [2.05, 4.69) is 17.0 Å². The van der Waals surface area contributed by atoms with Gasteiger partial charge in [0.1, 0.15) is 5.82 Å². The first-order valence-corrected chi connectivity index (χ1v) is 7.01. The number of hydrogen-bond acceptors (Lipinski definition) is 4. The van der Waals surface area contributed by atoms with E-state index in [1.54, 1.807) is 13.2 Å². The molecule has 3 N–H and O–H groups in total. The van der Waals surface area contributed by atoms with Crippen LogP contribution < -0.4 is 5.73 Å². The van der Waals surface area contributed by atoms with Crippen molar-refractivity contribution in [1.82, 2.24) is 4.90 Å². The van der Waals surface area contributed by atoms with Crippen LogP contribution in [0.5, 0.6) is 0 Å². The molecular weight excluding hydrogens is 273 g/mol. The Kier molecular flexibility index (Phi) is 4.80. The van der Waals surface area contributed by atoms with E-state index in [1.165, 1.54) is 12.1 Å². The topological polar surface area (TPSA) is 71.1 Å². The Morgan fingerprint density at radius 2 is 2.33 bits per heavy atom. The van der Waals surface area contributed by atoms with Crippen molar-refractivity contribution in [2.45, 2.75) is 31.9 Å². The lowest BCUT2D eigenvalue weighted by Crippen LogP contribution is -2.47. The second-order valence-corrected chi connectivity index (χ2v) is 5.75. The number of nitrogens with zero attached hydrogens (tertiary/aromatic N) is 2. The third kappa shape index (κ3) is 3.71. The molecule has 0 aliphatic carbocycles. The van der Waals surface area contributed by atoms with Crippen molar-refractivity contribution in [3.8, 4) is 0 Å². The summed E-state index contributed by atoms with van der Waals surface area (Å²) in [6.45, 7) is 4.46. The fourth-order valence-corrected chi connectivity index (χ4v) is 2.83. The number of methoxy groups -OCH3 is 1. The normalized spacial score (nSPS) is 24.2. The minimum atomic E-state index is -0.402. The van der Waals surface area contributed by atoms with Crippen LogP contribution in [-0.2, 0) is 11.3 Å². The van der Waals surface area contributed by atoms with Crippen LogP contribution in [0.15, 0.2) is 23.4 Å². The van der Waals surface area contributed by atoms with E-state index in [0.717, 1.165) is 31.5 Å². The fraction of sp³-hybridized carbons (Fsp3) is 0.533.